The van der Waals surface area contributed by atoms with Crippen molar-refractivity contribution in [2.24, 2.45) is 0 Å². The molecule has 0 aliphatic carbocycles. The molecule has 0 saturated carbocycles. The van der Waals surface area contributed by atoms with Crippen LogP contribution in [0.15, 0.2) is 54.6 Å². The van der Waals surface area contributed by atoms with Crippen LogP contribution in [0, 0.1) is 21.4 Å². The molecule has 0 aliphatic heterocycles. The van der Waals surface area contributed by atoms with Crippen molar-refractivity contribution in [3.63, 3.8) is 0 Å². The van der Waals surface area contributed by atoms with Crippen LogP contribution < -0.4 is 9.47 Å². The fourth-order valence-corrected chi connectivity index (χ4v) is 2.87. The third-order valence-electron chi connectivity index (χ3n) is 4.23. The van der Waals surface area contributed by atoms with E-state index in [9.17, 15) is 15.4 Å². The quantitative estimate of drug-likeness (QED) is 0.281. The highest BCUT2D eigenvalue weighted by Crippen LogP contribution is 2.34. The Bertz CT molecular complexity index is 1090. The molecule has 0 heterocycles. The number of nitrogens with zero attached hydrogens (tertiary/aromatic N) is 2. The molecule has 0 aromatic heterocycles. The van der Waals surface area contributed by atoms with Crippen LogP contribution in [-0.2, 0) is 0 Å². The average Bonchev–Trinajstić information content (AvgIpc) is 2.71. The van der Waals surface area contributed by atoms with Gasteiger partial charge in [0.2, 0.25) is 0 Å². The lowest BCUT2D eigenvalue weighted by Gasteiger charge is -2.11. The SMILES string of the molecule is COc1ccc2ccc(OC)c(/C=C(/C#N)c3cccc([N+](=O)[O-])c3)c2c1. The molecule has 0 unspecified atom stereocenters. The Balaban J connectivity index is 2.24. The molecule has 0 amide bonds. The van der Waals surface area contributed by atoms with Gasteiger partial charge in [-0.25, -0.2) is 0 Å². The maximum absolute atomic E-state index is 11.0. The van der Waals surface area contributed by atoms with E-state index in [2.05, 4.69) is 6.07 Å². The Morgan fingerprint density at radius 3 is 2.56 bits per heavy atom. The Morgan fingerprint density at radius 2 is 1.89 bits per heavy atom. The molecular formula is C21H16N2O4. The number of nitriles is 1. The summed E-state index contributed by atoms with van der Waals surface area (Å²) in [5, 5.41) is 22.5. The minimum absolute atomic E-state index is 0.0693. The number of nitro benzene ring substituents is 1. The third-order valence-corrected chi connectivity index (χ3v) is 4.23. The van der Waals surface area contributed by atoms with Crippen molar-refractivity contribution in [2.45, 2.75) is 0 Å². The first-order valence-corrected chi connectivity index (χ1v) is 8.08. The number of hydrogen-bond acceptors (Lipinski definition) is 5. The topological polar surface area (TPSA) is 85.4 Å². The Morgan fingerprint density at radius 1 is 1.11 bits per heavy atom. The number of fused-ring (bicyclic) bond motifs is 1. The van der Waals surface area contributed by atoms with E-state index in [-0.39, 0.29) is 5.69 Å². The van der Waals surface area contributed by atoms with Crippen molar-refractivity contribution in [3.05, 3.63) is 75.8 Å². The van der Waals surface area contributed by atoms with Crippen LogP contribution in [0.1, 0.15) is 11.1 Å². The number of allylic oxidation sites excluding steroid dienone is 1. The van der Waals surface area contributed by atoms with Crippen molar-refractivity contribution >= 4 is 28.1 Å². The van der Waals surface area contributed by atoms with Gasteiger partial charge in [-0.15, -0.1) is 0 Å². The van der Waals surface area contributed by atoms with E-state index in [1.807, 2.05) is 30.3 Å². The lowest BCUT2D eigenvalue weighted by molar-refractivity contribution is -0.384. The van der Waals surface area contributed by atoms with Gasteiger partial charge < -0.3 is 9.47 Å². The number of ether oxygens (including phenoxy) is 2. The van der Waals surface area contributed by atoms with Gasteiger partial charge >= 0.3 is 0 Å². The van der Waals surface area contributed by atoms with Crippen LogP contribution in [0.25, 0.3) is 22.4 Å². The third kappa shape index (κ3) is 3.58. The largest absolute Gasteiger partial charge is 0.497 e. The number of non-ortho nitro benzene ring substituents is 1. The molecular weight excluding hydrogens is 344 g/mol. The summed E-state index contributed by atoms with van der Waals surface area (Å²) in [6.07, 6.45) is 1.68. The van der Waals surface area contributed by atoms with E-state index in [0.717, 1.165) is 10.8 Å². The van der Waals surface area contributed by atoms with Gasteiger partial charge in [0, 0.05) is 17.7 Å². The molecule has 3 aromatic carbocycles. The molecule has 0 N–H and O–H groups in total. The molecule has 0 fully saturated rings. The van der Waals surface area contributed by atoms with Gasteiger partial charge in [0.1, 0.15) is 11.5 Å². The summed E-state index contributed by atoms with van der Waals surface area (Å²) in [5.74, 6) is 1.27. The summed E-state index contributed by atoms with van der Waals surface area (Å²) in [6, 6.07) is 17.5. The lowest BCUT2D eigenvalue weighted by Crippen LogP contribution is -1.92. The first kappa shape index (κ1) is 18.0. The maximum atomic E-state index is 11.0. The molecule has 0 bridgehead atoms. The minimum Gasteiger partial charge on any atom is -0.497 e. The summed E-state index contributed by atoms with van der Waals surface area (Å²) in [4.78, 5) is 10.6. The molecule has 0 spiro atoms. The highest BCUT2D eigenvalue weighted by Gasteiger charge is 2.12. The van der Waals surface area contributed by atoms with Crippen molar-refractivity contribution in [1.29, 1.82) is 5.26 Å². The molecule has 27 heavy (non-hydrogen) atoms. The van der Waals surface area contributed by atoms with Gasteiger partial charge in [-0.3, -0.25) is 10.1 Å². The molecule has 3 aromatic rings. The Hall–Kier alpha value is -3.85. The predicted octanol–water partition coefficient (Wildman–Crippen LogP) is 4.83. The monoisotopic (exact) mass is 360 g/mol. The molecule has 6 heteroatoms. The van der Waals surface area contributed by atoms with Crippen LogP contribution in [0.3, 0.4) is 0 Å². The van der Waals surface area contributed by atoms with Gasteiger partial charge in [0.05, 0.1) is 30.8 Å². The summed E-state index contributed by atoms with van der Waals surface area (Å²) < 4.78 is 10.8. The fourth-order valence-electron chi connectivity index (χ4n) is 2.87. The highest BCUT2D eigenvalue weighted by atomic mass is 16.6. The van der Waals surface area contributed by atoms with E-state index < -0.39 is 4.92 Å². The van der Waals surface area contributed by atoms with Crippen LogP contribution in [0.5, 0.6) is 11.5 Å². The summed E-state index contributed by atoms with van der Waals surface area (Å²) >= 11 is 0. The number of benzene rings is 3. The zero-order chi connectivity index (χ0) is 19.4. The van der Waals surface area contributed by atoms with E-state index in [4.69, 9.17) is 9.47 Å². The molecule has 3 rings (SSSR count). The van der Waals surface area contributed by atoms with Gasteiger partial charge in [0.25, 0.3) is 5.69 Å². The van der Waals surface area contributed by atoms with E-state index in [0.29, 0.717) is 28.2 Å². The van der Waals surface area contributed by atoms with E-state index >= 15 is 0 Å². The van der Waals surface area contributed by atoms with Gasteiger partial charge in [-0.2, -0.15) is 5.26 Å². The molecule has 134 valence electrons. The number of rotatable bonds is 5. The average molecular weight is 360 g/mol. The lowest BCUT2D eigenvalue weighted by atomic mass is 9.98. The van der Waals surface area contributed by atoms with E-state index in [1.54, 1.807) is 32.4 Å². The zero-order valence-corrected chi connectivity index (χ0v) is 14.8. The Labute approximate surface area is 156 Å². The molecule has 0 aliphatic rings. The summed E-state index contributed by atoms with van der Waals surface area (Å²) in [7, 11) is 3.14. The van der Waals surface area contributed by atoms with Crippen molar-refractivity contribution in [1.82, 2.24) is 0 Å². The second kappa shape index (κ2) is 7.58. The van der Waals surface area contributed by atoms with Crippen molar-refractivity contribution < 1.29 is 14.4 Å². The first-order valence-electron chi connectivity index (χ1n) is 8.08. The number of hydrogen-bond donors (Lipinski definition) is 0. The van der Waals surface area contributed by atoms with Gasteiger partial charge in [0.15, 0.2) is 0 Å². The number of methoxy groups -OCH3 is 2. The van der Waals surface area contributed by atoms with Crippen molar-refractivity contribution in [3.8, 4) is 17.6 Å². The molecule has 6 nitrogen and oxygen atoms in total. The highest BCUT2D eigenvalue weighted by molar-refractivity contribution is 6.01. The smallest absolute Gasteiger partial charge is 0.270 e. The summed E-state index contributed by atoms with van der Waals surface area (Å²) in [6.45, 7) is 0. The maximum Gasteiger partial charge on any atom is 0.270 e. The molecule has 0 radical (unpaired) electrons. The van der Waals surface area contributed by atoms with Crippen LogP contribution in [-0.4, -0.2) is 19.1 Å². The normalized spacial score (nSPS) is 11.1. The van der Waals surface area contributed by atoms with Gasteiger partial charge in [-0.05, 0) is 40.6 Å². The summed E-state index contributed by atoms with van der Waals surface area (Å²) in [5.41, 5.74) is 1.40. The fraction of sp³-hybridized carbons (Fsp3) is 0.0952. The standard InChI is InChI=1S/C21H16N2O4/c1-26-18-8-6-14-7-9-21(27-2)20(19(14)12-18)11-16(13-22)15-4-3-5-17(10-15)23(24)25/h3-12H,1-2H3/b16-11-. The van der Waals surface area contributed by atoms with E-state index in [1.165, 1.54) is 12.1 Å². The minimum atomic E-state index is -0.484. The van der Waals surface area contributed by atoms with Crippen molar-refractivity contribution in [2.75, 3.05) is 14.2 Å². The molecule has 0 saturated heterocycles. The first-order chi connectivity index (χ1) is 13.1. The van der Waals surface area contributed by atoms with Crippen LogP contribution in [0.4, 0.5) is 5.69 Å². The second-order valence-corrected chi connectivity index (χ2v) is 5.75. The Kier molecular flexibility index (Phi) is 5.04. The van der Waals surface area contributed by atoms with Crippen LogP contribution >= 0.6 is 0 Å². The zero-order valence-electron chi connectivity index (χ0n) is 14.8. The number of nitro groups is 1. The van der Waals surface area contributed by atoms with Gasteiger partial charge in [-0.1, -0.05) is 24.3 Å². The van der Waals surface area contributed by atoms with Crippen LogP contribution in [0.2, 0.25) is 0 Å². The second-order valence-electron chi connectivity index (χ2n) is 5.75. The molecule has 0 atom stereocenters. The predicted molar refractivity (Wildman–Crippen MR) is 104 cm³/mol.